The third-order valence-electron chi connectivity index (χ3n) is 1.48. The molecule has 0 aromatic rings. The van der Waals surface area contributed by atoms with Crippen molar-refractivity contribution in [2.75, 3.05) is 20.3 Å². The van der Waals surface area contributed by atoms with Crippen LogP contribution in [-0.4, -0.2) is 31.7 Å². The van der Waals surface area contributed by atoms with Gasteiger partial charge in [-0.25, -0.2) is 0 Å². The summed E-state index contributed by atoms with van der Waals surface area (Å²) in [5.41, 5.74) is 0. The molecule has 1 N–H and O–H groups in total. The van der Waals surface area contributed by atoms with E-state index in [0.29, 0.717) is 6.04 Å². The fraction of sp³-hybridized carbons (Fsp3) is 1.00. The third kappa shape index (κ3) is 8.11. The minimum Gasteiger partial charge on any atom is -0.383 e. The molecule has 0 aromatic carbocycles. The van der Waals surface area contributed by atoms with Crippen molar-refractivity contribution in [3.05, 3.63) is 0 Å². The smallest absolute Gasteiger partial charge is 0.0587 e. The lowest BCUT2D eigenvalue weighted by molar-refractivity contribution is 0.196. The van der Waals surface area contributed by atoms with E-state index in [0.717, 1.165) is 19.6 Å². The Bertz CT molecular complexity index is 88.2. The zero-order valence-electron chi connectivity index (χ0n) is 7.56. The summed E-state index contributed by atoms with van der Waals surface area (Å²) in [4.78, 5) is 0. The molecule has 0 fully saturated rings. The van der Waals surface area contributed by atoms with E-state index >= 15 is 0 Å². The van der Waals surface area contributed by atoms with Crippen molar-refractivity contribution < 1.29 is 4.74 Å². The molecule has 0 spiro atoms. The quantitative estimate of drug-likeness (QED) is 0.495. The number of ether oxygens (including phenoxy) is 1. The molecule has 0 aliphatic heterocycles. The Morgan fingerprint density at radius 2 is 2.09 bits per heavy atom. The van der Waals surface area contributed by atoms with E-state index in [1.807, 2.05) is 6.92 Å². The van der Waals surface area contributed by atoms with Crippen molar-refractivity contribution in [3.63, 3.8) is 0 Å². The van der Waals surface area contributed by atoms with Crippen LogP contribution in [0.3, 0.4) is 0 Å². The molecule has 0 amide bonds. The molecule has 0 radical (unpaired) electrons. The summed E-state index contributed by atoms with van der Waals surface area (Å²) in [5, 5.41) is 3.56. The number of rotatable bonds is 6. The molecule has 0 saturated carbocycles. The van der Waals surface area contributed by atoms with E-state index in [9.17, 15) is 0 Å². The van der Waals surface area contributed by atoms with Gasteiger partial charge in [0.1, 0.15) is 0 Å². The first kappa shape index (κ1) is 11.2. The Morgan fingerprint density at radius 1 is 1.45 bits per heavy atom. The molecule has 0 aliphatic rings. The number of nitrogens with one attached hydrogen (secondary N) is 1. The van der Waals surface area contributed by atoms with Gasteiger partial charge in [-0.1, -0.05) is 0 Å². The van der Waals surface area contributed by atoms with E-state index in [2.05, 4.69) is 12.2 Å². The van der Waals surface area contributed by atoms with Crippen LogP contribution in [-0.2, 0) is 4.74 Å². The molecule has 11 heavy (non-hydrogen) atoms. The van der Waals surface area contributed by atoms with Crippen LogP contribution in [0, 0.1) is 0 Å². The molecule has 0 heterocycles. The van der Waals surface area contributed by atoms with Gasteiger partial charge in [0.25, 0.3) is 0 Å². The number of halogens is 1. The number of hydrogen-bond acceptors (Lipinski definition) is 2. The SMILES string of the molecule is COCCNC(C)CC(C)Cl. The van der Waals surface area contributed by atoms with Gasteiger partial charge in [-0.15, -0.1) is 11.6 Å². The molecular formula is C8H18ClNO. The first-order valence-corrected chi connectivity index (χ1v) is 4.47. The van der Waals surface area contributed by atoms with Gasteiger partial charge in [0.15, 0.2) is 0 Å². The van der Waals surface area contributed by atoms with E-state index in [1.165, 1.54) is 0 Å². The van der Waals surface area contributed by atoms with Gasteiger partial charge in [-0.2, -0.15) is 0 Å². The molecule has 0 saturated heterocycles. The van der Waals surface area contributed by atoms with Crippen LogP contribution in [0.1, 0.15) is 20.3 Å². The van der Waals surface area contributed by atoms with Crippen molar-refractivity contribution in [3.8, 4) is 0 Å². The Kier molecular flexibility index (Phi) is 7.02. The van der Waals surface area contributed by atoms with E-state index < -0.39 is 0 Å². The Balaban J connectivity index is 3.15. The highest BCUT2D eigenvalue weighted by Gasteiger charge is 2.03. The monoisotopic (exact) mass is 179 g/mol. The Hall–Kier alpha value is 0.210. The topological polar surface area (TPSA) is 21.3 Å². The minimum atomic E-state index is 0.250. The molecule has 3 heteroatoms. The lowest BCUT2D eigenvalue weighted by atomic mass is 10.2. The Morgan fingerprint density at radius 3 is 2.55 bits per heavy atom. The largest absolute Gasteiger partial charge is 0.383 e. The van der Waals surface area contributed by atoms with E-state index in [4.69, 9.17) is 16.3 Å². The molecule has 0 rings (SSSR count). The minimum absolute atomic E-state index is 0.250. The van der Waals surface area contributed by atoms with Gasteiger partial charge in [0.05, 0.1) is 6.61 Å². The normalized spacial score (nSPS) is 16.4. The maximum Gasteiger partial charge on any atom is 0.0587 e. The summed E-state index contributed by atoms with van der Waals surface area (Å²) in [6.07, 6.45) is 1.01. The van der Waals surface area contributed by atoms with Crippen molar-refractivity contribution in [1.29, 1.82) is 0 Å². The van der Waals surface area contributed by atoms with E-state index in [-0.39, 0.29) is 5.38 Å². The highest BCUT2D eigenvalue weighted by atomic mass is 35.5. The molecule has 0 bridgehead atoms. The van der Waals surface area contributed by atoms with Crippen LogP contribution >= 0.6 is 11.6 Å². The highest BCUT2D eigenvalue weighted by molar-refractivity contribution is 6.20. The summed E-state index contributed by atoms with van der Waals surface area (Å²) < 4.78 is 4.90. The summed E-state index contributed by atoms with van der Waals surface area (Å²) in [7, 11) is 1.70. The first-order valence-electron chi connectivity index (χ1n) is 4.03. The zero-order valence-corrected chi connectivity index (χ0v) is 8.32. The second kappa shape index (κ2) is 6.89. The molecule has 2 nitrogen and oxygen atoms in total. The molecule has 2 unspecified atom stereocenters. The summed E-state index contributed by atoms with van der Waals surface area (Å²) in [6.45, 7) is 5.81. The lowest BCUT2D eigenvalue weighted by Gasteiger charge is -2.14. The summed E-state index contributed by atoms with van der Waals surface area (Å²) in [5.74, 6) is 0. The second-order valence-corrected chi connectivity index (χ2v) is 3.61. The van der Waals surface area contributed by atoms with Gasteiger partial charge in [-0.05, 0) is 20.3 Å². The molecule has 0 aliphatic carbocycles. The number of methoxy groups -OCH3 is 1. The Labute approximate surface area is 74.3 Å². The fourth-order valence-electron chi connectivity index (χ4n) is 0.978. The maximum absolute atomic E-state index is 5.81. The fourth-order valence-corrected chi connectivity index (χ4v) is 1.25. The van der Waals surface area contributed by atoms with Gasteiger partial charge in [-0.3, -0.25) is 0 Å². The summed E-state index contributed by atoms with van der Waals surface area (Å²) >= 11 is 5.81. The van der Waals surface area contributed by atoms with Crippen LogP contribution in [0.25, 0.3) is 0 Å². The van der Waals surface area contributed by atoms with Crippen LogP contribution in [0.4, 0.5) is 0 Å². The van der Waals surface area contributed by atoms with Crippen LogP contribution < -0.4 is 5.32 Å². The average molecular weight is 180 g/mol. The molecule has 68 valence electrons. The number of alkyl halides is 1. The molecule has 2 atom stereocenters. The predicted octanol–water partition coefficient (Wildman–Crippen LogP) is 1.63. The van der Waals surface area contributed by atoms with Crippen molar-refractivity contribution >= 4 is 11.6 Å². The predicted molar refractivity (Wildman–Crippen MR) is 49.3 cm³/mol. The second-order valence-electron chi connectivity index (χ2n) is 2.86. The van der Waals surface area contributed by atoms with Crippen LogP contribution in [0.5, 0.6) is 0 Å². The standard InChI is InChI=1S/C8H18ClNO/c1-7(9)6-8(2)10-4-5-11-3/h7-8,10H,4-6H2,1-3H3. The van der Waals surface area contributed by atoms with Crippen molar-refractivity contribution in [2.45, 2.75) is 31.7 Å². The molecule has 0 aromatic heterocycles. The van der Waals surface area contributed by atoms with Gasteiger partial charge < -0.3 is 10.1 Å². The van der Waals surface area contributed by atoms with Crippen molar-refractivity contribution in [2.24, 2.45) is 0 Å². The lowest BCUT2D eigenvalue weighted by Crippen LogP contribution is -2.30. The average Bonchev–Trinajstić information content (AvgIpc) is 1.86. The molecular weight excluding hydrogens is 162 g/mol. The summed E-state index contributed by atoms with van der Waals surface area (Å²) in [6, 6.07) is 0.484. The highest BCUT2D eigenvalue weighted by Crippen LogP contribution is 2.03. The van der Waals surface area contributed by atoms with Crippen molar-refractivity contribution in [1.82, 2.24) is 5.32 Å². The third-order valence-corrected chi connectivity index (χ3v) is 1.66. The first-order chi connectivity index (χ1) is 5.16. The van der Waals surface area contributed by atoms with Crippen LogP contribution in [0.15, 0.2) is 0 Å². The van der Waals surface area contributed by atoms with Gasteiger partial charge in [0.2, 0.25) is 0 Å². The van der Waals surface area contributed by atoms with Gasteiger partial charge in [0, 0.05) is 25.1 Å². The van der Waals surface area contributed by atoms with Crippen LogP contribution in [0.2, 0.25) is 0 Å². The van der Waals surface area contributed by atoms with E-state index in [1.54, 1.807) is 7.11 Å². The van der Waals surface area contributed by atoms with Gasteiger partial charge >= 0.3 is 0 Å². The zero-order chi connectivity index (χ0) is 8.69. The maximum atomic E-state index is 5.81. The number of hydrogen-bond donors (Lipinski definition) is 1.